The second-order valence-electron chi connectivity index (χ2n) is 20.9. The predicted octanol–water partition coefficient (Wildman–Crippen LogP) is 5.30. The Morgan fingerprint density at radius 3 is 1.95 bits per heavy atom. The molecule has 356 valence electrons. The van der Waals surface area contributed by atoms with Crippen molar-refractivity contribution in [2.45, 2.75) is 197 Å². The van der Waals surface area contributed by atoms with E-state index in [0.29, 0.717) is 33.3 Å². The molecule has 20 atom stereocenters. The first-order valence-corrected chi connectivity index (χ1v) is 24.8. The monoisotopic (exact) mass is 1010 g/mol. The number of nitrogen functional groups attached to an aromatic ring is 1. The van der Waals surface area contributed by atoms with Gasteiger partial charge in [-0.05, 0) is 154 Å². The van der Waals surface area contributed by atoms with E-state index in [2.05, 4.69) is 13.8 Å². The van der Waals surface area contributed by atoms with Crippen molar-refractivity contribution in [3.8, 4) is 0 Å². The molecule has 9 rings (SSSR count). The van der Waals surface area contributed by atoms with Crippen molar-refractivity contribution >= 4 is 40.2 Å². The average molecular weight is 1010 g/mol. The van der Waals surface area contributed by atoms with Crippen LogP contribution in [0.25, 0.3) is 0 Å². The van der Waals surface area contributed by atoms with Gasteiger partial charge in [-0.3, -0.25) is 0 Å². The first kappa shape index (κ1) is 47.1. The number of halogens is 1. The van der Waals surface area contributed by atoms with Gasteiger partial charge in [0, 0.05) is 40.0 Å². The van der Waals surface area contributed by atoms with Gasteiger partial charge in [-0.25, -0.2) is 9.59 Å². The van der Waals surface area contributed by atoms with Crippen LogP contribution in [-0.4, -0.2) is 124 Å². The smallest absolute Gasteiger partial charge is 0.338 e. The van der Waals surface area contributed by atoms with Gasteiger partial charge in [-0.1, -0.05) is 13.8 Å². The third kappa shape index (κ3) is 8.59. The topological polar surface area (TPSA) is 215 Å². The molecule has 4 saturated carbocycles. The number of anilines is 1. The molecular weight excluding hydrogens is 941 g/mol. The quantitative estimate of drug-likeness (QED) is 0.0919. The molecule has 15 nitrogen and oxygen atoms in total. The lowest BCUT2D eigenvalue weighted by Crippen LogP contribution is -2.62. The minimum atomic E-state index is -1.07. The summed E-state index contributed by atoms with van der Waals surface area (Å²) in [7, 11) is 0. The maximum atomic E-state index is 12.9. The number of hydrogen-bond donors (Lipinski definition) is 5. The van der Waals surface area contributed by atoms with E-state index in [0.717, 1.165) is 63.4 Å². The van der Waals surface area contributed by atoms with Crippen LogP contribution in [0.3, 0.4) is 0 Å². The Hall–Kier alpha value is -1.97. The van der Waals surface area contributed by atoms with E-state index in [-0.39, 0.29) is 54.0 Å². The molecule has 4 aliphatic carbocycles. The molecule has 1 aromatic rings. The fraction of sp³-hybridized carbons (Fsp3) is 0.792. The molecule has 6 N–H and O–H groups in total. The average Bonchev–Trinajstić information content (AvgIpc) is 3.79. The lowest BCUT2D eigenvalue weighted by molar-refractivity contribution is -0.336. The summed E-state index contributed by atoms with van der Waals surface area (Å²) in [6.45, 7) is 10.4. The number of esters is 2. The Bertz CT molecular complexity index is 1900. The molecule has 20 unspecified atom stereocenters. The minimum absolute atomic E-state index is 0.00235. The van der Waals surface area contributed by atoms with Gasteiger partial charge in [0.2, 0.25) is 0 Å². The number of cyclic esters (lactones) is 1. The third-order valence-electron chi connectivity index (χ3n) is 17.3. The number of aliphatic hydroxyl groups is 4. The Labute approximate surface area is 389 Å². The molecule has 0 amide bonds. The standard InChI is InChI=1S/C48H68INO14/c1-23-42(62-40-20-36(52)43(24(2)59-40)63-41-21-37(53)44(25(3)60-41)64-45(55)26-6-9-34(50)33(49)16-26)35(51)19-39(58-23)61-29-10-13-46(4)28(18-29)7-8-32-31(46)11-14-47(5)30(12-15-48(32,47)56)27-17-38(54)57-22-27/h6,9,16-17,23-25,28-32,35-37,39-44,51-53,56H,7-8,10-15,18-22,50H2,1-5H3. The van der Waals surface area contributed by atoms with Gasteiger partial charge in [0.05, 0.1) is 53.9 Å². The number of fused-ring (bicyclic) bond motifs is 5. The number of benzene rings is 1. The van der Waals surface area contributed by atoms with Crippen LogP contribution in [-0.2, 0) is 42.7 Å². The van der Waals surface area contributed by atoms with Crippen LogP contribution in [0.1, 0.15) is 122 Å². The van der Waals surface area contributed by atoms with E-state index in [1.165, 1.54) is 0 Å². The van der Waals surface area contributed by atoms with Gasteiger partial charge in [0.25, 0.3) is 0 Å². The summed E-state index contributed by atoms with van der Waals surface area (Å²) in [4.78, 5) is 24.8. The van der Waals surface area contributed by atoms with Crippen molar-refractivity contribution < 1.29 is 67.9 Å². The molecule has 16 heteroatoms. The van der Waals surface area contributed by atoms with E-state index < -0.39 is 85.4 Å². The summed E-state index contributed by atoms with van der Waals surface area (Å²) in [6.07, 6.45) is 1.03. The van der Waals surface area contributed by atoms with Gasteiger partial charge in [0.1, 0.15) is 18.8 Å². The lowest BCUT2D eigenvalue weighted by atomic mass is 9.43. The third-order valence-corrected chi connectivity index (χ3v) is 18.2. The van der Waals surface area contributed by atoms with Crippen molar-refractivity contribution in [3.05, 3.63) is 39.0 Å². The molecule has 0 bridgehead atoms. The second-order valence-corrected chi connectivity index (χ2v) is 22.0. The predicted molar refractivity (Wildman–Crippen MR) is 238 cm³/mol. The summed E-state index contributed by atoms with van der Waals surface area (Å²) in [6, 6.07) is 4.82. The first-order chi connectivity index (χ1) is 30.4. The van der Waals surface area contributed by atoms with Crippen LogP contribution in [0.2, 0.25) is 0 Å². The van der Waals surface area contributed by atoms with E-state index >= 15 is 0 Å². The highest BCUT2D eigenvalue weighted by Gasteiger charge is 2.68. The van der Waals surface area contributed by atoms with Crippen LogP contribution in [0, 0.1) is 38.1 Å². The van der Waals surface area contributed by atoms with Crippen molar-refractivity contribution in [2.24, 2.45) is 34.5 Å². The number of nitrogens with two attached hydrogens (primary N) is 1. The molecule has 4 heterocycles. The second kappa shape index (κ2) is 18.2. The number of carbonyl (C=O) groups is 2. The van der Waals surface area contributed by atoms with Crippen molar-refractivity contribution in [1.29, 1.82) is 0 Å². The fourth-order valence-electron chi connectivity index (χ4n) is 13.8. The van der Waals surface area contributed by atoms with E-state index in [4.69, 9.17) is 43.6 Å². The Morgan fingerprint density at radius 1 is 0.766 bits per heavy atom. The van der Waals surface area contributed by atoms with Crippen molar-refractivity contribution in [1.82, 2.24) is 0 Å². The van der Waals surface area contributed by atoms with Gasteiger partial charge >= 0.3 is 11.9 Å². The summed E-state index contributed by atoms with van der Waals surface area (Å²) in [5.41, 5.74) is 6.90. The number of rotatable bonds is 9. The molecule has 7 fully saturated rings. The Morgan fingerprint density at radius 2 is 1.38 bits per heavy atom. The maximum Gasteiger partial charge on any atom is 0.338 e. The molecule has 8 aliphatic rings. The molecular formula is C48H68INO14. The van der Waals surface area contributed by atoms with E-state index in [1.54, 1.807) is 38.1 Å². The number of ether oxygens (including phenoxy) is 8. The van der Waals surface area contributed by atoms with Crippen LogP contribution in [0.4, 0.5) is 5.69 Å². The van der Waals surface area contributed by atoms with Gasteiger partial charge in [0.15, 0.2) is 25.0 Å². The molecule has 0 spiro atoms. The summed E-state index contributed by atoms with van der Waals surface area (Å²) in [5, 5.41) is 46.3. The van der Waals surface area contributed by atoms with Crippen LogP contribution in [0.15, 0.2) is 29.8 Å². The SMILES string of the molecule is CC1OC(OC2C(O)CC(OC3C(O)CC(OC4CCC5(C)C(CCC6C5CCC5(C)C(C7=CC(=O)OC7)CCC65O)C4)OC3C)OC2C)CC(O)C1OC(=O)c1ccc(N)c(I)c1. The van der Waals surface area contributed by atoms with Crippen LogP contribution in [0.5, 0.6) is 0 Å². The largest absolute Gasteiger partial charge is 0.458 e. The van der Waals surface area contributed by atoms with Gasteiger partial charge < -0.3 is 64.1 Å². The summed E-state index contributed by atoms with van der Waals surface area (Å²) >= 11 is 2.04. The van der Waals surface area contributed by atoms with E-state index in [9.17, 15) is 30.0 Å². The summed E-state index contributed by atoms with van der Waals surface area (Å²) in [5.74, 6) is 0.467. The molecule has 0 aromatic heterocycles. The minimum Gasteiger partial charge on any atom is -0.458 e. The van der Waals surface area contributed by atoms with Gasteiger partial charge in [-0.15, -0.1) is 0 Å². The fourth-order valence-corrected chi connectivity index (χ4v) is 14.3. The van der Waals surface area contributed by atoms with Crippen molar-refractivity contribution in [2.75, 3.05) is 12.3 Å². The van der Waals surface area contributed by atoms with Crippen molar-refractivity contribution in [3.63, 3.8) is 0 Å². The molecule has 0 radical (unpaired) electrons. The zero-order valence-corrected chi connectivity index (χ0v) is 39.8. The Kier molecular flexibility index (Phi) is 13.4. The molecule has 4 aliphatic heterocycles. The number of hydrogen-bond acceptors (Lipinski definition) is 15. The normalized spacial score (nSPS) is 48.1. The highest BCUT2D eigenvalue weighted by Crippen LogP contribution is 2.70. The maximum absolute atomic E-state index is 12.9. The molecule has 3 saturated heterocycles. The number of aliphatic hydroxyl groups excluding tert-OH is 3. The van der Waals surface area contributed by atoms with Crippen LogP contribution >= 0.6 is 22.6 Å². The zero-order chi connectivity index (χ0) is 45.5. The lowest BCUT2D eigenvalue weighted by Gasteiger charge is -2.64. The summed E-state index contributed by atoms with van der Waals surface area (Å²) < 4.78 is 49.3. The number of carbonyl (C=O) groups excluding carboxylic acids is 2. The van der Waals surface area contributed by atoms with Gasteiger partial charge in [-0.2, -0.15) is 0 Å². The first-order valence-electron chi connectivity index (χ1n) is 23.7. The highest BCUT2D eigenvalue weighted by molar-refractivity contribution is 14.1. The molecule has 64 heavy (non-hydrogen) atoms. The Balaban J connectivity index is 0.733. The van der Waals surface area contributed by atoms with E-state index in [1.807, 2.05) is 29.5 Å². The highest BCUT2D eigenvalue weighted by atomic mass is 127. The molecule has 1 aromatic carbocycles. The van der Waals surface area contributed by atoms with Crippen LogP contribution < -0.4 is 5.73 Å². The zero-order valence-electron chi connectivity index (χ0n) is 37.6.